The van der Waals surface area contributed by atoms with Crippen LogP contribution in [0.2, 0.25) is 0 Å². The predicted octanol–water partition coefficient (Wildman–Crippen LogP) is -0.931. The van der Waals surface area contributed by atoms with E-state index in [1.165, 1.54) is 4.52 Å². The third-order valence-electron chi connectivity index (χ3n) is 1.26. The lowest BCUT2D eigenvalue weighted by atomic mass is 10.8. The van der Waals surface area contributed by atoms with Crippen molar-refractivity contribution in [2.24, 2.45) is 0 Å². The summed E-state index contributed by atoms with van der Waals surface area (Å²) in [4.78, 5) is 3.70. The van der Waals surface area contributed by atoms with Gasteiger partial charge in [0.05, 0.1) is 0 Å². The third kappa shape index (κ3) is 0.613. The van der Waals surface area contributed by atoms with Crippen molar-refractivity contribution in [1.29, 1.82) is 0 Å². The molecule has 58 valence electrons. The van der Waals surface area contributed by atoms with Crippen LogP contribution in [0.4, 0.5) is 17.8 Å². The lowest BCUT2D eigenvalue weighted by molar-refractivity contribution is 0.624. The molecule has 2 rings (SSSR count). The van der Waals surface area contributed by atoms with Gasteiger partial charge in [0.15, 0.2) is 5.82 Å². The van der Waals surface area contributed by atoms with E-state index in [1.54, 1.807) is 0 Å². The number of nitrogens with two attached hydrogens (primary N) is 3. The van der Waals surface area contributed by atoms with Gasteiger partial charge in [0.25, 0.3) is 5.71 Å². The number of fused-ring (bicyclic) bond motifs is 1. The van der Waals surface area contributed by atoms with Crippen molar-refractivity contribution in [1.82, 2.24) is 14.6 Å². The van der Waals surface area contributed by atoms with E-state index in [9.17, 15) is 0 Å². The number of anilines is 3. The summed E-state index contributed by atoms with van der Waals surface area (Å²) in [5.41, 5.74) is 16.3. The Balaban J connectivity index is 2.92. The van der Waals surface area contributed by atoms with E-state index in [0.717, 1.165) is 0 Å². The maximum absolute atomic E-state index is 5.39. The number of nitrogen functional groups attached to an aromatic ring is 3. The average Bonchev–Trinajstić information content (AvgIpc) is 2.38. The molecule has 0 radical (unpaired) electrons. The maximum Gasteiger partial charge on any atom is 0.311 e. The van der Waals surface area contributed by atoms with Crippen molar-refractivity contribution in [2.45, 2.75) is 0 Å². The third-order valence-corrected chi connectivity index (χ3v) is 1.26. The summed E-state index contributed by atoms with van der Waals surface area (Å²) in [5.74, 6) is 0.352. The topological polar surface area (TPSA) is 121 Å². The zero-order valence-corrected chi connectivity index (χ0v) is 5.48. The van der Waals surface area contributed by atoms with Crippen LogP contribution in [-0.2, 0) is 0 Å². The van der Waals surface area contributed by atoms with Crippen LogP contribution in [0.25, 0.3) is 5.71 Å². The van der Waals surface area contributed by atoms with Gasteiger partial charge >= 0.3 is 6.01 Å². The first kappa shape index (κ1) is 5.83. The molecule has 11 heavy (non-hydrogen) atoms. The second-order valence-electron chi connectivity index (χ2n) is 2.01. The summed E-state index contributed by atoms with van der Waals surface area (Å²) in [5, 5.41) is 3.69. The molecular formula is C4H6N6O. The lowest BCUT2D eigenvalue weighted by Crippen LogP contribution is -1.95. The fraction of sp³-hybridized carbons (Fsp3) is 0. The zero-order chi connectivity index (χ0) is 8.01. The quantitative estimate of drug-likeness (QED) is 0.450. The summed E-state index contributed by atoms with van der Waals surface area (Å²) < 4.78 is 6.12. The van der Waals surface area contributed by atoms with Gasteiger partial charge in [-0.1, -0.05) is 0 Å². The number of hydrogen-bond donors (Lipinski definition) is 3. The summed E-state index contributed by atoms with van der Waals surface area (Å²) in [6.07, 6.45) is 0. The molecule has 2 aromatic heterocycles. The van der Waals surface area contributed by atoms with Crippen LogP contribution in [0.3, 0.4) is 0 Å². The highest BCUT2D eigenvalue weighted by Crippen LogP contribution is 2.17. The Morgan fingerprint density at radius 1 is 1.27 bits per heavy atom. The first-order valence-corrected chi connectivity index (χ1v) is 2.84. The average molecular weight is 154 g/mol. The lowest BCUT2D eigenvalue weighted by Gasteiger charge is -1.79. The summed E-state index contributed by atoms with van der Waals surface area (Å²) in [6, 6.07) is 0.0146. The van der Waals surface area contributed by atoms with E-state index in [4.69, 9.17) is 21.6 Å². The second-order valence-corrected chi connectivity index (χ2v) is 2.01. The standard InChI is InChI=1S/C4H6N6O/c5-1-2-10(3(6)8-1)9-4(7)11-2/h5H2,(H2,6,8)(H2,7,9). The molecule has 2 heterocycles. The van der Waals surface area contributed by atoms with E-state index >= 15 is 0 Å². The molecular weight excluding hydrogens is 148 g/mol. The van der Waals surface area contributed by atoms with Crippen LogP contribution in [0.5, 0.6) is 0 Å². The SMILES string of the molecule is Nc1nn2c(N)nc(N)c2o1. The minimum atomic E-state index is 0.0146. The highest BCUT2D eigenvalue weighted by Gasteiger charge is 2.11. The minimum absolute atomic E-state index is 0.0146. The largest absolute Gasteiger partial charge is 0.402 e. The normalized spacial score (nSPS) is 10.9. The van der Waals surface area contributed by atoms with Crippen LogP contribution in [0.15, 0.2) is 4.42 Å². The molecule has 2 aromatic rings. The molecule has 7 nitrogen and oxygen atoms in total. The van der Waals surface area contributed by atoms with Gasteiger partial charge in [-0.25, -0.2) is 0 Å². The zero-order valence-electron chi connectivity index (χ0n) is 5.48. The van der Waals surface area contributed by atoms with Crippen molar-refractivity contribution >= 4 is 23.5 Å². The highest BCUT2D eigenvalue weighted by molar-refractivity contribution is 5.62. The number of rotatable bonds is 0. The Bertz CT molecular complexity index is 365. The van der Waals surface area contributed by atoms with Gasteiger partial charge in [0.1, 0.15) is 0 Å². The Morgan fingerprint density at radius 2 is 2.00 bits per heavy atom. The van der Waals surface area contributed by atoms with Gasteiger partial charge in [0.2, 0.25) is 5.95 Å². The molecule has 0 bridgehead atoms. The molecule has 0 fully saturated rings. The van der Waals surface area contributed by atoms with E-state index in [1.807, 2.05) is 0 Å². The Kier molecular flexibility index (Phi) is 0.831. The van der Waals surface area contributed by atoms with Crippen LogP contribution < -0.4 is 17.2 Å². The maximum atomic E-state index is 5.39. The predicted molar refractivity (Wildman–Crippen MR) is 38.5 cm³/mol. The summed E-state index contributed by atoms with van der Waals surface area (Å²) >= 11 is 0. The van der Waals surface area contributed by atoms with Crippen LogP contribution in [0, 0.1) is 0 Å². The van der Waals surface area contributed by atoms with Crippen LogP contribution in [0.1, 0.15) is 0 Å². The van der Waals surface area contributed by atoms with Gasteiger partial charge in [-0.05, 0) is 0 Å². The van der Waals surface area contributed by atoms with Crippen molar-refractivity contribution in [3.8, 4) is 0 Å². The molecule has 0 spiro atoms. The van der Waals surface area contributed by atoms with Crippen LogP contribution in [-0.4, -0.2) is 14.6 Å². The molecule has 0 saturated heterocycles. The molecule has 0 saturated carbocycles. The van der Waals surface area contributed by atoms with Gasteiger partial charge < -0.3 is 21.6 Å². The molecule has 0 aromatic carbocycles. The number of nitrogens with zero attached hydrogens (tertiary/aromatic N) is 3. The monoisotopic (exact) mass is 154 g/mol. The van der Waals surface area contributed by atoms with Crippen molar-refractivity contribution in [3.63, 3.8) is 0 Å². The van der Waals surface area contributed by atoms with Gasteiger partial charge in [0, 0.05) is 0 Å². The van der Waals surface area contributed by atoms with E-state index in [2.05, 4.69) is 10.1 Å². The van der Waals surface area contributed by atoms with E-state index in [0.29, 0.717) is 0 Å². The number of imidazole rings is 1. The molecule has 0 amide bonds. The highest BCUT2D eigenvalue weighted by atomic mass is 16.4. The molecule has 7 heteroatoms. The van der Waals surface area contributed by atoms with Crippen molar-refractivity contribution < 1.29 is 4.42 Å². The van der Waals surface area contributed by atoms with Crippen LogP contribution >= 0.6 is 0 Å². The fourth-order valence-corrected chi connectivity index (χ4v) is 0.841. The van der Waals surface area contributed by atoms with E-state index in [-0.39, 0.29) is 23.5 Å². The summed E-state index contributed by atoms with van der Waals surface area (Å²) in [7, 11) is 0. The van der Waals surface area contributed by atoms with Gasteiger partial charge in [-0.3, -0.25) is 0 Å². The van der Waals surface area contributed by atoms with Crippen molar-refractivity contribution in [2.75, 3.05) is 17.2 Å². The fourth-order valence-electron chi connectivity index (χ4n) is 0.841. The Morgan fingerprint density at radius 3 is 2.64 bits per heavy atom. The first-order valence-electron chi connectivity index (χ1n) is 2.84. The van der Waals surface area contributed by atoms with Gasteiger partial charge in [-0.15, -0.1) is 5.10 Å². The van der Waals surface area contributed by atoms with E-state index < -0.39 is 0 Å². The number of hydrogen-bond acceptors (Lipinski definition) is 6. The molecule has 6 N–H and O–H groups in total. The molecule has 0 aliphatic rings. The summed E-state index contributed by atoms with van der Waals surface area (Å²) in [6.45, 7) is 0. The van der Waals surface area contributed by atoms with Crippen molar-refractivity contribution in [3.05, 3.63) is 0 Å². The first-order chi connectivity index (χ1) is 5.18. The second kappa shape index (κ2) is 1.57. The Labute approximate surface area is 60.8 Å². The smallest absolute Gasteiger partial charge is 0.311 e. The number of aromatic nitrogens is 3. The molecule has 0 unspecified atom stereocenters. The minimum Gasteiger partial charge on any atom is -0.402 e. The molecule has 0 aliphatic carbocycles. The molecule has 0 atom stereocenters. The molecule has 0 aliphatic heterocycles. The van der Waals surface area contributed by atoms with Gasteiger partial charge in [-0.2, -0.15) is 9.50 Å². The Hall–Kier alpha value is -1.92.